The molecule has 1 amide bonds. The van der Waals surface area contributed by atoms with E-state index in [-0.39, 0.29) is 19.1 Å². The molecule has 0 aliphatic heterocycles. The average molecular weight is 263 g/mol. The molecule has 1 aromatic carbocycles. The number of aliphatic hydroxyl groups excluding tert-OH is 2. The number of carbonyl (C=O) groups excluding carboxylic acids is 1. The van der Waals surface area contributed by atoms with Gasteiger partial charge in [0.05, 0.1) is 18.8 Å². The van der Waals surface area contributed by atoms with Crippen LogP contribution in [-0.4, -0.2) is 34.9 Å². The summed E-state index contributed by atoms with van der Waals surface area (Å²) in [6.07, 6.45) is 4.07. The Kier molecular flexibility index (Phi) is 5.73. The van der Waals surface area contributed by atoms with Crippen LogP contribution in [0.15, 0.2) is 30.3 Å². The Morgan fingerprint density at radius 1 is 1.26 bits per heavy atom. The molecular formula is C15H21NO3. The van der Waals surface area contributed by atoms with Crippen LogP contribution in [0, 0.1) is 0 Å². The molecule has 0 heterocycles. The Balaban J connectivity index is 2.62. The zero-order valence-electron chi connectivity index (χ0n) is 11.4. The Hall–Kier alpha value is -1.65. The van der Waals surface area contributed by atoms with Crippen molar-refractivity contribution in [1.82, 2.24) is 5.32 Å². The maximum Gasteiger partial charge on any atom is 0.244 e. The summed E-state index contributed by atoms with van der Waals surface area (Å²) in [7, 11) is 0. The fraction of sp³-hybridized carbons (Fsp3) is 0.400. The molecule has 0 unspecified atom stereocenters. The number of rotatable bonds is 6. The monoisotopic (exact) mass is 263 g/mol. The third-order valence-electron chi connectivity index (χ3n) is 2.94. The number of nitrogens with one attached hydrogen (secondary N) is 1. The molecule has 0 bridgehead atoms. The molecule has 0 atom stereocenters. The van der Waals surface area contributed by atoms with Crippen molar-refractivity contribution in [3.05, 3.63) is 41.5 Å². The molecule has 0 aliphatic rings. The van der Waals surface area contributed by atoms with Gasteiger partial charge >= 0.3 is 0 Å². The van der Waals surface area contributed by atoms with Gasteiger partial charge in [0.25, 0.3) is 0 Å². The predicted octanol–water partition coefficient (Wildman–Crippen LogP) is 1.12. The minimum atomic E-state index is -0.993. The van der Waals surface area contributed by atoms with E-state index in [4.69, 9.17) is 10.2 Å². The Morgan fingerprint density at radius 3 is 2.32 bits per heavy atom. The highest BCUT2D eigenvalue weighted by Gasteiger charge is 2.23. The summed E-state index contributed by atoms with van der Waals surface area (Å²) in [5.41, 5.74) is 1.19. The van der Waals surface area contributed by atoms with E-state index in [2.05, 4.69) is 12.2 Å². The average Bonchev–Trinajstić information content (AvgIpc) is 2.45. The zero-order chi connectivity index (χ0) is 14.3. The maximum atomic E-state index is 11.7. The van der Waals surface area contributed by atoms with Crippen LogP contribution in [0.3, 0.4) is 0 Å². The molecule has 3 N–H and O–H groups in total. The van der Waals surface area contributed by atoms with Gasteiger partial charge in [-0.3, -0.25) is 4.79 Å². The summed E-state index contributed by atoms with van der Waals surface area (Å²) in [5, 5.41) is 20.7. The van der Waals surface area contributed by atoms with Crippen molar-refractivity contribution in [3.63, 3.8) is 0 Å². The number of carbonyl (C=O) groups is 1. The summed E-state index contributed by atoms with van der Waals surface area (Å²) >= 11 is 0. The summed E-state index contributed by atoms with van der Waals surface area (Å²) in [6.45, 7) is 3.04. The second-order valence-electron chi connectivity index (χ2n) is 4.79. The number of hydrogen-bond acceptors (Lipinski definition) is 3. The van der Waals surface area contributed by atoms with Gasteiger partial charge in [-0.15, -0.1) is 0 Å². The standard InChI is InChI=1S/C15H21NO3/c1-3-12-4-6-13(7-5-12)8-9-14(19)16-15(2,10-17)11-18/h4-9,17-18H,3,10-11H2,1-2H3,(H,16,19)/b9-8+. The van der Waals surface area contributed by atoms with Crippen molar-refractivity contribution in [1.29, 1.82) is 0 Å². The number of aryl methyl sites for hydroxylation is 1. The van der Waals surface area contributed by atoms with Crippen LogP contribution < -0.4 is 5.32 Å². The Labute approximate surface area is 113 Å². The Bertz CT molecular complexity index is 433. The highest BCUT2D eigenvalue weighted by Crippen LogP contribution is 2.07. The fourth-order valence-corrected chi connectivity index (χ4v) is 1.50. The van der Waals surface area contributed by atoms with E-state index in [1.54, 1.807) is 13.0 Å². The lowest BCUT2D eigenvalue weighted by atomic mass is 10.1. The first-order valence-electron chi connectivity index (χ1n) is 6.34. The van der Waals surface area contributed by atoms with Crippen LogP contribution in [0.25, 0.3) is 6.08 Å². The molecule has 0 radical (unpaired) electrons. The van der Waals surface area contributed by atoms with Gasteiger partial charge < -0.3 is 15.5 Å². The van der Waals surface area contributed by atoms with Gasteiger partial charge in [-0.2, -0.15) is 0 Å². The zero-order valence-corrected chi connectivity index (χ0v) is 11.4. The van der Waals surface area contributed by atoms with Gasteiger partial charge in [0.15, 0.2) is 0 Å². The van der Waals surface area contributed by atoms with E-state index in [1.807, 2.05) is 24.3 Å². The number of hydrogen-bond donors (Lipinski definition) is 3. The van der Waals surface area contributed by atoms with Crippen LogP contribution in [0.4, 0.5) is 0 Å². The van der Waals surface area contributed by atoms with Crippen molar-refractivity contribution in [2.24, 2.45) is 0 Å². The number of amides is 1. The summed E-state index contributed by atoms with van der Waals surface area (Å²) in [5.74, 6) is -0.342. The lowest BCUT2D eigenvalue weighted by Crippen LogP contribution is -2.51. The fourth-order valence-electron chi connectivity index (χ4n) is 1.50. The predicted molar refractivity (Wildman–Crippen MR) is 75.6 cm³/mol. The van der Waals surface area contributed by atoms with Crippen LogP contribution in [0.1, 0.15) is 25.0 Å². The Morgan fingerprint density at radius 2 is 1.84 bits per heavy atom. The summed E-state index contributed by atoms with van der Waals surface area (Å²) in [4.78, 5) is 11.7. The molecule has 1 aromatic rings. The molecule has 4 heteroatoms. The van der Waals surface area contributed by atoms with Crippen LogP contribution in [0.2, 0.25) is 0 Å². The number of benzene rings is 1. The topological polar surface area (TPSA) is 69.6 Å². The molecule has 0 aliphatic carbocycles. The molecule has 104 valence electrons. The minimum absolute atomic E-state index is 0.311. The van der Waals surface area contributed by atoms with E-state index in [0.717, 1.165) is 12.0 Å². The SMILES string of the molecule is CCc1ccc(/C=C/C(=O)NC(C)(CO)CO)cc1. The third-order valence-corrected chi connectivity index (χ3v) is 2.94. The first kappa shape index (κ1) is 15.4. The van der Waals surface area contributed by atoms with E-state index in [1.165, 1.54) is 11.6 Å². The second-order valence-corrected chi connectivity index (χ2v) is 4.79. The minimum Gasteiger partial charge on any atom is -0.394 e. The van der Waals surface area contributed by atoms with E-state index >= 15 is 0 Å². The lowest BCUT2D eigenvalue weighted by molar-refractivity contribution is -0.119. The van der Waals surface area contributed by atoms with Crippen molar-refractivity contribution in [2.45, 2.75) is 25.8 Å². The van der Waals surface area contributed by atoms with Crippen molar-refractivity contribution in [2.75, 3.05) is 13.2 Å². The van der Waals surface area contributed by atoms with Crippen LogP contribution in [-0.2, 0) is 11.2 Å². The van der Waals surface area contributed by atoms with E-state index in [0.29, 0.717) is 0 Å². The summed E-state index contributed by atoms with van der Waals surface area (Å²) < 4.78 is 0. The van der Waals surface area contributed by atoms with E-state index < -0.39 is 5.54 Å². The highest BCUT2D eigenvalue weighted by atomic mass is 16.3. The van der Waals surface area contributed by atoms with Crippen molar-refractivity contribution >= 4 is 12.0 Å². The smallest absolute Gasteiger partial charge is 0.244 e. The van der Waals surface area contributed by atoms with Crippen LogP contribution >= 0.6 is 0 Å². The largest absolute Gasteiger partial charge is 0.394 e. The first-order valence-corrected chi connectivity index (χ1v) is 6.34. The van der Waals surface area contributed by atoms with Gasteiger partial charge in [0.2, 0.25) is 5.91 Å². The first-order chi connectivity index (χ1) is 9.03. The van der Waals surface area contributed by atoms with Crippen molar-refractivity contribution in [3.8, 4) is 0 Å². The maximum absolute atomic E-state index is 11.7. The van der Waals surface area contributed by atoms with Crippen LogP contribution in [0.5, 0.6) is 0 Å². The second kappa shape index (κ2) is 7.07. The molecule has 1 rings (SSSR count). The quantitative estimate of drug-likeness (QED) is 0.674. The lowest BCUT2D eigenvalue weighted by Gasteiger charge is -2.25. The summed E-state index contributed by atoms with van der Waals surface area (Å²) in [6, 6.07) is 7.92. The van der Waals surface area contributed by atoms with Gasteiger partial charge in [0.1, 0.15) is 0 Å². The molecule has 0 spiro atoms. The highest BCUT2D eigenvalue weighted by molar-refractivity contribution is 5.92. The molecule has 4 nitrogen and oxygen atoms in total. The molecular weight excluding hydrogens is 242 g/mol. The molecule has 0 saturated heterocycles. The van der Waals surface area contributed by atoms with E-state index in [9.17, 15) is 4.79 Å². The molecule has 0 aromatic heterocycles. The normalized spacial score (nSPS) is 11.8. The van der Waals surface area contributed by atoms with Gasteiger partial charge in [-0.25, -0.2) is 0 Å². The molecule has 19 heavy (non-hydrogen) atoms. The molecule has 0 fully saturated rings. The molecule has 0 saturated carbocycles. The van der Waals surface area contributed by atoms with Crippen molar-refractivity contribution < 1.29 is 15.0 Å². The third kappa shape index (κ3) is 4.85. The van der Waals surface area contributed by atoms with Gasteiger partial charge in [0, 0.05) is 6.08 Å². The van der Waals surface area contributed by atoms with Gasteiger partial charge in [-0.1, -0.05) is 31.2 Å². The van der Waals surface area contributed by atoms with Gasteiger partial charge in [-0.05, 0) is 30.5 Å². The number of aliphatic hydroxyl groups is 2.